The fourth-order valence-electron chi connectivity index (χ4n) is 2.49. The van der Waals surface area contributed by atoms with Crippen LogP contribution in [0.5, 0.6) is 11.5 Å². The number of amides is 1. The number of ether oxygens (including phenoxy) is 2. The largest absolute Gasteiger partial charge is 0.494 e. The van der Waals surface area contributed by atoms with E-state index in [1.165, 1.54) is 17.3 Å². The molecule has 0 spiro atoms. The van der Waals surface area contributed by atoms with Gasteiger partial charge in [0.1, 0.15) is 18.1 Å². The Kier molecular flexibility index (Phi) is 7.52. The Morgan fingerprint density at radius 1 is 1.07 bits per heavy atom. The Morgan fingerprint density at radius 2 is 1.76 bits per heavy atom. The summed E-state index contributed by atoms with van der Waals surface area (Å²) in [6, 6.07) is 15.4. The average molecular weight is 413 g/mol. The number of carbonyl (C=O) groups excluding carboxylic acids is 1. The number of nitrogens with one attached hydrogen (secondary N) is 2. The highest BCUT2D eigenvalue weighted by Crippen LogP contribution is 2.19. The third kappa shape index (κ3) is 6.53. The van der Waals surface area contributed by atoms with E-state index < -0.39 is 0 Å². The molecule has 1 aromatic heterocycles. The molecular formula is C21H24N4O3S. The van der Waals surface area contributed by atoms with Crippen molar-refractivity contribution in [1.82, 2.24) is 20.5 Å². The topological polar surface area (TPSA) is 89.1 Å². The predicted molar refractivity (Wildman–Crippen MR) is 113 cm³/mol. The van der Waals surface area contributed by atoms with Gasteiger partial charge in [-0.15, -0.1) is 5.10 Å². The van der Waals surface area contributed by atoms with Crippen LogP contribution >= 0.6 is 11.8 Å². The van der Waals surface area contributed by atoms with Gasteiger partial charge in [0.2, 0.25) is 11.1 Å². The molecular weight excluding hydrogens is 388 g/mol. The Bertz CT molecular complexity index is 910. The molecule has 0 fully saturated rings. The second-order valence-electron chi connectivity index (χ2n) is 6.22. The SMILES string of the molecule is CCOc1ccc(OCCNC(=O)CSc2n[nH]c(-c3ccc(C)cc3)n2)cc1. The van der Waals surface area contributed by atoms with Crippen molar-refractivity contribution in [2.45, 2.75) is 19.0 Å². The van der Waals surface area contributed by atoms with Crippen LogP contribution in [0, 0.1) is 6.92 Å². The lowest BCUT2D eigenvalue weighted by Gasteiger charge is -2.08. The average Bonchev–Trinajstić information content (AvgIpc) is 3.21. The molecule has 2 N–H and O–H groups in total. The Morgan fingerprint density at radius 3 is 2.45 bits per heavy atom. The summed E-state index contributed by atoms with van der Waals surface area (Å²) in [4.78, 5) is 16.4. The van der Waals surface area contributed by atoms with Crippen LogP contribution in [0.3, 0.4) is 0 Å². The number of aryl methyl sites for hydroxylation is 1. The van der Waals surface area contributed by atoms with Crippen molar-refractivity contribution < 1.29 is 14.3 Å². The lowest BCUT2D eigenvalue weighted by Crippen LogP contribution is -2.29. The zero-order valence-corrected chi connectivity index (χ0v) is 17.3. The van der Waals surface area contributed by atoms with Crippen molar-refractivity contribution in [1.29, 1.82) is 0 Å². The number of aromatic nitrogens is 3. The van der Waals surface area contributed by atoms with E-state index in [2.05, 4.69) is 20.5 Å². The third-order valence-electron chi connectivity index (χ3n) is 3.95. The summed E-state index contributed by atoms with van der Waals surface area (Å²) in [5, 5.41) is 10.4. The van der Waals surface area contributed by atoms with Gasteiger partial charge in [-0.05, 0) is 38.1 Å². The van der Waals surface area contributed by atoms with Gasteiger partial charge in [-0.2, -0.15) is 0 Å². The van der Waals surface area contributed by atoms with Gasteiger partial charge in [0.25, 0.3) is 0 Å². The number of hydrogen-bond acceptors (Lipinski definition) is 6. The number of aromatic amines is 1. The molecule has 7 nitrogen and oxygen atoms in total. The Hall–Kier alpha value is -3.00. The number of rotatable bonds is 10. The molecule has 0 radical (unpaired) electrons. The molecule has 3 rings (SSSR count). The highest BCUT2D eigenvalue weighted by atomic mass is 32.2. The summed E-state index contributed by atoms with van der Waals surface area (Å²) in [6.07, 6.45) is 0. The first kappa shape index (κ1) is 20.7. The third-order valence-corrected chi connectivity index (χ3v) is 4.80. The predicted octanol–water partition coefficient (Wildman–Crippen LogP) is 3.47. The molecule has 0 saturated carbocycles. The minimum absolute atomic E-state index is 0.0908. The van der Waals surface area contributed by atoms with E-state index in [0.29, 0.717) is 30.7 Å². The van der Waals surface area contributed by atoms with Crippen molar-refractivity contribution in [3.05, 3.63) is 54.1 Å². The zero-order valence-electron chi connectivity index (χ0n) is 16.5. The second-order valence-corrected chi connectivity index (χ2v) is 7.17. The van der Waals surface area contributed by atoms with Crippen LogP contribution in [0.2, 0.25) is 0 Å². The molecule has 0 saturated heterocycles. The number of hydrogen-bond donors (Lipinski definition) is 2. The summed E-state index contributed by atoms with van der Waals surface area (Å²) in [6.45, 7) is 5.42. The van der Waals surface area contributed by atoms with Gasteiger partial charge >= 0.3 is 0 Å². The van der Waals surface area contributed by atoms with E-state index in [9.17, 15) is 4.79 Å². The van der Waals surface area contributed by atoms with Gasteiger partial charge in [0, 0.05) is 5.56 Å². The molecule has 1 amide bonds. The van der Waals surface area contributed by atoms with Crippen LogP contribution in [-0.4, -0.2) is 46.6 Å². The van der Waals surface area contributed by atoms with Gasteiger partial charge in [0.05, 0.1) is 18.9 Å². The lowest BCUT2D eigenvalue weighted by molar-refractivity contribution is -0.118. The Labute approximate surface area is 174 Å². The van der Waals surface area contributed by atoms with E-state index in [0.717, 1.165) is 17.1 Å². The van der Waals surface area contributed by atoms with E-state index in [1.54, 1.807) is 0 Å². The van der Waals surface area contributed by atoms with E-state index in [4.69, 9.17) is 9.47 Å². The molecule has 0 bridgehead atoms. The summed E-state index contributed by atoms with van der Waals surface area (Å²) in [7, 11) is 0. The normalized spacial score (nSPS) is 10.6. The van der Waals surface area contributed by atoms with Crippen molar-refractivity contribution in [3.8, 4) is 22.9 Å². The van der Waals surface area contributed by atoms with Crippen LogP contribution in [0.1, 0.15) is 12.5 Å². The van der Waals surface area contributed by atoms with Crippen LogP contribution in [-0.2, 0) is 4.79 Å². The first-order valence-electron chi connectivity index (χ1n) is 9.38. The summed E-state index contributed by atoms with van der Waals surface area (Å²) in [5.74, 6) is 2.39. The van der Waals surface area contributed by atoms with Gasteiger partial charge in [-0.1, -0.05) is 41.6 Å². The first-order valence-corrected chi connectivity index (χ1v) is 10.4. The standard InChI is InChI=1S/C21H24N4O3S/c1-3-27-17-8-10-18(11-9-17)28-13-12-22-19(26)14-29-21-23-20(24-25-21)16-6-4-15(2)5-7-16/h4-11H,3,12-14H2,1-2H3,(H,22,26)(H,23,24,25). The van der Waals surface area contributed by atoms with Crippen molar-refractivity contribution in [2.75, 3.05) is 25.5 Å². The van der Waals surface area contributed by atoms with E-state index in [-0.39, 0.29) is 11.7 Å². The highest BCUT2D eigenvalue weighted by molar-refractivity contribution is 7.99. The smallest absolute Gasteiger partial charge is 0.230 e. The number of benzene rings is 2. The first-order chi connectivity index (χ1) is 14.1. The van der Waals surface area contributed by atoms with Crippen LogP contribution in [0.4, 0.5) is 0 Å². The quantitative estimate of drug-likeness (QED) is 0.392. The monoisotopic (exact) mass is 412 g/mol. The maximum absolute atomic E-state index is 12.0. The van der Waals surface area contributed by atoms with Crippen molar-refractivity contribution in [2.24, 2.45) is 0 Å². The summed E-state index contributed by atoms with van der Waals surface area (Å²) >= 11 is 1.29. The van der Waals surface area contributed by atoms with E-state index >= 15 is 0 Å². The molecule has 0 unspecified atom stereocenters. The second kappa shape index (κ2) is 10.5. The Balaban J connectivity index is 1.35. The van der Waals surface area contributed by atoms with Gasteiger partial charge in [0.15, 0.2) is 5.82 Å². The van der Waals surface area contributed by atoms with Crippen molar-refractivity contribution in [3.63, 3.8) is 0 Å². The van der Waals surface area contributed by atoms with Crippen LogP contribution in [0.25, 0.3) is 11.4 Å². The number of thioether (sulfide) groups is 1. The molecule has 2 aromatic carbocycles. The fraction of sp³-hybridized carbons (Fsp3) is 0.286. The number of carbonyl (C=O) groups is 1. The summed E-state index contributed by atoms with van der Waals surface area (Å²) in [5.41, 5.74) is 2.15. The maximum atomic E-state index is 12.0. The van der Waals surface area contributed by atoms with Gasteiger partial charge < -0.3 is 14.8 Å². The molecule has 8 heteroatoms. The molecule has 0 atom stereocenters. The van der Waals surface area contributed by atoms with Crippen LogP contribution < -0.4 is 14.8 Å². The highest BCUT2D eigenvalue weighted by Gasteiger charge is 2.09. The molecule has 0 aliphatic heterocycles. The minimum Gasteiger partial charge on any atom is -0.494 e. The molecule has 29 heavy (non-hydrogen) atoms. The van der Waals surface area contributed by atoms with E-state index in [1.807, 2.05) is 62.4 Å². The zero-order chi connectivity index (χ0) is 20.5. The number of nitrogens with zero attached hydrogens (tertiary/aromatic N) is 2. The molecule has 152 valence electrons. The molecule has 0 aliphatic carbocycles. The summed E-state index contributed by atoms with van der Waals surface area (Å²) < 4.78 is 11.0. The lowest BCUT2D eigenvalue weighted by atomic mass is 10.1. The molecule has 1 heterocycles. The molecule has 0 aliphatic rings. The van der Waals surface area contributed by atoms with Gasteiger partial charge in [-0.25, -0.2) is 4.98 Å². The van der Waals surface area contributed by atoms with Gasteiger partial charge in [-0.3, -0.25) is 9.89 Å². The van der Waals surface area contributed by atoms with Crippen LogP contribution in [0.15, 0.2) is 53.7 Å². The fourth-order valence-corrected chi connectivity index (χ4v) is 3.12. The number of H-pyrrole nitrogens is 1. The minimum atomic E-state index is -0.0908. The molecule has 3 aromatic rings. The maximum Gasteiger partial charge on any atom is 0.230 e. The van der Waals surface area contributed by atoms with Crippen molar-refractivity contribution >= 4 is 17.7 Å².